The number of hydrogen-bond acceptors (Lipinski definition) is 3. The van der Waals surface area contributed by atoms with Crippen LogP contribution in [0.2, 0.25) is 0 Å². The number of nitrogens with zero attached hydrogens (tertiary/aromatic N) is 2. The van der Waals surface area contributed by atoms with Crippen LogP contribution in [0.25, 0.3) is 0 Å². The van der Waals surface area contributed by atoms with E-state index in [0.29, 0.717) is 6.04 Å². The Morgan fingerprint density at radius 2 is 2.00 bits per heavy atom. The van der Waals surface area contributed by atoms with Crippen molar-refractivity contribution in [3.05, 3.63) is 18.0 Å². The fraction of sp³-hybridized carbons (Fsp3) is 0.636. The second-order valence-corrected chi connectivity index (χ2v) is 4.21. The normalized spacial score (nSPS) is 18.7. The number of aryl methyl sites for hydroxylation is 1. The smallest absolute Gasteiger partial charge is 0.222 e. The van der Waals surface area contributed by atoms with Gasteiger partial charge in [0.25, 0.3) is 0 Å². The Labute approximate surface area is 85.0 Å². The van der Waals surface area contributed by atoms with Gasteiger partial charge in [0.2, 0.25) is 5.95 Å². The van der Waals surface area contributed by atoms with Gasteiger partial charge >= 0.3 is 0 Å². The molecular formula is C11H17N3. The van der Waals surface area contributed by atoms with Gasteiger partial charge < -0.3 is 5.32 Å². The number of aromatic nitrogens is 2. The van der Waals surface area contributed by atoms with Gasteiger partial charge in [-0.3, -0.25) is 0 Å². The third-order valence-corrected chi connectivity index (χ3v) is 2.99. The van der Waals surface area contributed by atoms with Crippen molar-refractivity contribution in [1.82, 2.24) is 9.97 Å². The van der Waals surface area contributed by atoms with Gasteiger partial charge in [0.1, 0.15) is 0 Å². The molecule has 0 unspecified atom stereocenters. The van der Waals surface area contributed by atoms with E-state index in [1.807, 2.05) is 19.3 Å². The van der Waals surface area contributed by atoms with E-state index in [-0.39, 0.29) is 0 Å². The van der Waals surface area contributed by atoms with Crippen LogP contribution in [0, 0.1) is 12.8 Å². The molecule has 3 nitrogen and oxygen atoms in total. The van der Waals surface area contributed by atoms with Crippen LogP contribution in [-0.4, -0.2) is 16.0 Å². The molecule has 0 bridgehead atoms. The zero-order chi connectivity index (χ0) is 9.97. The van der Waals surface area contributed by atoms with Gasteiger partial charge in [-0.1, -0.05) is 6.42 Å². The molecule has 1 aliphatic rings. The van der Waals surface area contributed by atoms with E-state index in [1.165, 1.54) is 19.3 Å². The summed E-state index contributed by atoms with van der Waals surface area (Å²) in [6, 6.07) is 0.506. The molecule has 0 aromatic carbocycles. The van der Waals surface area contributed by atoms with Gasteiger partial charge in [-0.25, -0.2) is 9.97 Å². The van der Waals surface area contributed by atoms with E-state index in [0.717, 1.165) is 17.4 Å². The van der Waals surface area contributed by atoms with E-state index < -0.39 is 0 Å². The first kappa shape index (κ1) is 9.44. The number of anilines is 1. The van der Waals surface area contributed by atoms with E-state index in [1.54, 1.807) is 0 Å². The zero-order valence-electron chi connectivity index (χ0n) is 8.83. The van der Waals surface area contributed by atoms with Crippen molar-refractivity contribution in [3.8, 4) is 0 Å². The van der Waals surface area contributed by atoms with Gasteiger partial charge in [-0.15, -0.1) is 0 Å². The maximum atomic E-state index is 4.24. The predicted molar refractivity (Wildman–Crippen MR) is 57.2 cm³/mol. The summed E-state index contributed by atoms with van der Waals surface area (Å²) in [5.41, 5.74) is 1.10. The summed E-state index contributed by atoms with van der Waals surface area (Å²) >= 11 is 0. The minimum Gasteiger partial charge on any atom is -0.351 e. The second-order valence-electron chi connectivity index (χ2n) is 4.21. The van der Waals surface area contributed by atoms with E-state index in [4.69, 9.17) is 0 Å². The topological polar surface area (TPSA) is 37.8 Å². The molecule has 1 atom stereocenters. The highest BCUT2D eigenvalue weighted by molar-refractivity contribution is 5.26. The lowest BCUT2D eigenvalue weighted by Gasteiger charge is -2.31. The predicted octanol–water partition coefficient (Wildman–Crippen LogP) is 2.39. The number of rotatable bonds is 3. The van der Waals surface area contributed by atoms with Crippen molar-refractivity contribution < 1.29 is 0 Å². The van der Waals surface area contributed by atoms with Crippen molar-refractivity contribution in [1.29, 1.82) is 0 Å². The quantitative estimate of drug-likeness (QED) is 0.797. The molecule has 1 aromatic rings. The molecule has 1 heterocycles. The highest BCUT2D eigenvalue weighted by atomic mass is 15.1. The summed E-state index contributed by atoms with van der Waals surface area (Å²) in [5, 5.41) is 3.35. The molecule has 3 heteroatoms. The molecule has 14 heavy (non-hydrogen) atoms. The maximum absolute atomic E-state index is 4.24. The Kier molecular flexibility index (Phi) is 2.66. The minimum atomic E-state index is 0.506. The van der Waals surface area contributed by atoms with Crippen LogP contribution in [-0.2, 0) is 0 Å². The summed E-state index contributed by atoms with van der Waals surface area (Å²) in [7, 11) is 0. The summed E-state index contributed by atoms with van der Waals surface area (Å²) < 4.78 is 0. The van der Waals surface area contributed by atoms with Crippen LogP contribution >= 0.6 is 0 Å². The molecule has 1 aliphatic carbocycles. The Bertz CT molecular complexity index is 290. The lowest BCUT2D eigenvalue weighted by atomic mass is 9.80. The average Bonchev–Trinajstić information content (AvgIpc) is 2.06. The van der Waals surface area contributed by atoms with Crippen LogP contribution in [0.15, 0.2) is 12.4 Å². The van der Waals surface area contributed by atoms with Gasteiger partial charge in [-0.2, -0.15) is 0 Å². The molecule has 0 amide bonds. The third kappa shape index (κ3) is 2.03. The first-order valence-electron chi connectivity index (χ1n) is 5.31. The lowest BCUT2D eigenvalue weighted by Crippen LogP contribution is -2.31. The molecule has 0 aliphatic heterocycles. The first-order chi connectivity index (χ1) is 6.75. The molecule has 0 spiro atoms. The standard InChI is InChI=1S/C11H17N3/c1-8-6-12-11(13-7-8)14-9(2)10-4-3-5-10/h6-7,9-10H,3-5H2,1-2H3,(H,12,13,14)/t9-/m1/s1. The van der Waals surface area contributed by atoms with Gasteiger partial charge in [0.15, 0.2) is 0 Å². The van der Waals surface area contributed by atoms with Gasteiger partial charge in [0.05, 0.1) is 0 Å². The van der Waals surface area contributed by atoms with E-state index >= 15 is 0 Å². The highest BCUT2D eigenvalue weighted by Crippen LogP contribution is 2.30. The number of hydrogen-bond donors (Lipinski definition) is 1. The molecular weight excluding hydrogens is 174 g/mol. The zero-order valence-corrected chi connectivity index (χ0v) is 8.83. The van der Waals surface area contributed by atoms with Crippen LogP contribution < -0.4 is 5.32 Å². The fourth-order valence-corrected chi connectivity index (χ4v) is 1.73. The Hall–Kier alpha value is -1.12. The highest BCUT2D eigenvalue weighted by Gasteiger charge is 2.23. The van der Waals surface area contributed by atoms with Crippen molar-refractivity contribution in [2.75, 3.05) is 5.32 Å². The average molecular weight is 191 g/mol. The maximum Gasteiger partial charge on any atom is 0.222 e. The van der Waals surface area contributed by atoms with E-state index in [9.17, 15) is 0 Å². The van der Waals surface area contributed by atoms with Crippen molar-refractivity contribution >= 4 is 5.95 Å². The van der Waals surface area contributed by atoms with Crippen molar-refractivity contribution in [2.45, 2.75) is 39.2 Å². The SMILES string of the molecule is Cc1cnc(N[C@H](C)C2CCC2)nc1. The van der Waals surface area contributed by atoms with E-state index in [2.05, 4.69) is 22.2 Å². The molecule has 0 saturated heterocycles. The number of nitrogens with one attached hydrogen (secondary N) is 1. The first-order valence-corrected chi connectivity index (χ1v) is 5.31. The van der Waals surface area contributed by atoms with Crippen LogP contribution in [0.4, 0.5) is 5.95 Å². The van der Waals surface area contributed by atoms with Crippen molar-refractivity contribution in [3.63, 3.8) is 0 Å². The molecule has 1 fully saturated rings. The summed E-state index contributed by atoms with van der Waals surface area (Å²) in [6.45, 7) is 4.21. The third-order valence-electron chi connectivity index (χ3n) is 2.99. The minimum absolute atomic E-state index is 0.506. The molecule has 1 saturated carbocycles. The summed E-state index contributed by atoms with van der Waals surface area (Å²) in [4.78, 5) is 8.47. The molecule has 76 valence electrons. The Morgan fingerprint density at radius 1 is 1.36 bits per heavy atom. The molecule has 1 aromatic heterocycles. The summed E-state index contributed by atoms with van der Waals surface area (Å²) in [6.07, 6.45) is 7.77. The lowest BCUT2D eigenvalue weighted by molar-refractivity contribution is 0.284. The Balaban J connectivity index is 1.92. The summed E-state index contributed by atoms with van der Waals surface area (Å²) in [5.74, 6) is 1.58. The van der Waals surface area contributed by atoms with Crippen LogP contribution in [0.1, 0.15) is 31.7 Å². The monoisotopic (exact) mass is 191 g/mol. The largest absolute Gasteiger partial charge is 0.351 e. The molecule has 0 radical (unpaired) electrons. The van der Waals surface area contributed by atoms with Crippen molar-refractivity contribution in [2.24, 2.45) is 5.92 Å². The van der Waals surface area contributed by atoms with Gasteiger partial charge in [0, 0.05) is 18.4 Å². The molecule has 2 rings (SSSR count). The Morgan fingerprint density at radius 3 is 2.50 bits per heavy atom. The second kappa shape index (κ2) is 3.95. The fourth-order valence-electron chi connectivity index (χ4n) is 1.73. The van der Waals surface area contributed by atoms with Gasteiger partial charge in [-0.05, 0) is 38.2 Å². The molecule has 1 N–H and O–H groups in total. The van der Waals surface area contributed by atoms with Crippen LogP contribution in [0.5, 0.6) is 0 Å². The van der Waals surface area contributed by atoms with Crippen LogP contribution in [0.3, 0.4) is 0 Å².